The number of amides is 1. The Labute approximate surface area is 125 Å². The van der Waals surface area contributed by atoms with Gasteiger partial charge in [-0.25, -0.2) is 0 Å². The normalized spacial score (nSPS) is 18.8. The van der Waals surface area contributed by atoms with Crippen molar-refractivity contribution in [3.8, 4) is 0 Å². The molecule has 21 heavy (non-hydrogen) atoms. The fourth-order valence-electron chi connectivity index (χ4n) is 2.38. The van der Waals surface area contributed by atoms with Crippen molar-refractivity contribution in [2.24, 2.45) is 5.92 Å². The van der Waals surface area contributed by atoms with Crippen molar-refractivity contribution in [2.75, 3.05) is 13.1 Å². The van der Waals surface area contributed by atoms with Crippen molar-refractivity contribution in [1.29, 1.82) is 0 Å². The molecule has 7 heteroatoms. The van der Waals surface area contributed by atoms with Crippen molar-refractivity contribution in [1.82, 2.24) is 4.90 Å². The minimum absolute atomic E-state index is 0.127. The highest BCUT2D eigenvalue weighted by Crippen LogP contribution is 2.30. The number of rotatable bonds is 4. The van der Waals surface area contributed by atoms with E-state index >= 15 is 0 Å². The first-order valence-corrected chi connectivity index (χ1v) is 7.43. The number of carbonyl (C=O) groups excluding carboxylic acids is 1. The molecule has 1 N–H and O–H groups in total. The maximum Gasteiger partial charge on any atom is 0.308 e. The van der Waals surface area contributed by atoms with E-state index in [9.17, 15) is 18.4 Å². The van der Waals surface area contributed by atoms with Crippen LogP contribution in [0.2, 0.25) is 0 Å². The van der Waals surface area contributed by atoms with Crippen LogP contribution in [-0.4, -0.2) is 40.7 Å². The number of carboxylic acid groups (broad SMARTS) is 1. The summed E-state index contributed by atoms with van der Waals surface area (Å²) in [6, 6.07) is 6.18. The maximum atomic E-state index is 12.5. The lowest BCUT2D eigenvalue weighted by Gasteiger charge is -2.31. The Morgan fingerprint density at radius 2 is 2.05 bits per heavy atom. The van der Waals surface area contributed by atoms with Gasteiger partial charge in [-0.1, -0.05) is 23.9 Å². The molecule has 1 aliphatic heterocycles. The quantitative estimate of drug-likeness (QED) is 0.868. The molecule has 0 unspecified atom stereocenters. The molecule has 0 saturated carbocycles. The van der Waals surface area contributed by atoms with Crippen molar-refractivity contribution in [3.63, 3.8) is 0 Å². The van der Waals surface area contributed by atoms with Gasteiger partial charge in [-0.2, -0.15) is 8.78 Å². The highest BCUT2D eigenvalue weighted by atomic mass is 32.2. The van der Waals surface area contributed by atoms with Crippen LogP contribution in [0.25, 0.3) is 0 Å². The second-order valence-corrected chi connectivity index (χ2v) is 5.84. The maximum absolute atomic E-state index is 12.5. The molecule has 1 aromatic rings. The Morgan fingerprint density at radius 3 is 2.71 bits per heavy atom. The topological polar surface area (TPSA) is 57.6 Å². The van der Waals surface area contributed by atoms with Gasteiger partial charge in [0.05, 0.1) is 11.5 Å². The van der Waals surface area contributed by atoms with E-state index in [1.54, 1.807) is 12.1 Å². The highest BCUT2D eigenvalue weighted by Gasteiger charge is 2.29. The number of nitrogens with zero attached hydrogens (tertiary/aromatic N) is 1. The number of carboxylic acids is 1. The minimum Gasteiger partial charge on any atom is -0.481 e. The number of benzene rings is 1. The van der Waals surface area contributed by atoms with Crippen LogP contribution < -0.4 is 0 Å². The molecule has 1 amide bonds. The smallest absolute Gasteiger partial charge is 0.308 e. The fraction of sp³-hybridized carbons (Fsp3) is 0.429. The van der Waals surface area contributed by atoms with Gasteiger partial charge in [-0.05, 0) is 25.0 Å². The second-order valence-electron chi connectivity index (χ2n) is 4.80. The van der Waals surface area contributed by atoms with Gasteiger partial charge in [0.25, 0.3) is 11.7 Å². The highest BCUT2D eigenvalue weighted by molar-refractivity contribution is 7.99. The molecule has 2 rings (SSSR count). The van der Waals surface area contributed by atoms with Crippen LogP contribution in [0, 0.1) is 5.92 Å². The zero-order valence-electron chi connectivity index (χ0n) is 11.2. The number of hydrogen-bond donors (Lipinski definition) is 1. The van der Waals surface area contributed by atoms with E-state index in [-0.39, 0.29) is 22.9 Å². The molecule has 1 heterocycles. The Bertz CT molecular complexity index is 539. The summed E-state index contributed by atoms with van der Waals surface area (Å²) in [5.41, 5.74) is 0.203. The molecule has 0 bridgehead atoms. The Hall–Kier alpha value is -1.63. The second kappa shape index (κ2) is 6.89. The third kappa shape index (κ3) is 3.93. The van der Waals surface area contributed by atoms with Gasteiger partial charge in [0.15, 0.2) is 0 Å². The lowest BCUT2D eigenvalue weighted by molar-refractivity contribution is -0.143. The van der Waals surface area contributed by atoms with Gasteiger partial charge in [0.1, 0.15) is 0 Å². The molecule has 1 atom stereocenters. The average Bonchev–Trinajstić information content (AvgIpc) is 2.46. The van der Waals surface area contributed by atoms with E-state index in [0.29, 0.717) is 31.1 Å². The van der Waals surface area contributed by atoms with Crippen LogP contribution in [0.4, 0.5) is 8.78 Å². The number of carbonyl (C=O) groups is 2. The Balaban J connectivity index is 2.18. The SMILES string of the molecule is O=C(O)[C@H]1CCCN(C(=O)c2ccccc2SC(F)F)C1. The number of aliphatic carboxylic acids is 1. The number of piperidine rings is 1. The third-order valence-electron chi connectivity index (χ3n) is 3.39. The van der Waals surface area contributed by atoms with E-state index in [1.165, 1.54) is 17.0 Å². The van der Waals surface area contributed by atoms with E-state index in [0.717, 1.165) is 0 Å². The van der Waals surface area contributed by atoms with Gasteiger partial charge < -0.3 is 10.0 Å². The number of halogens is 2. The molecule has 1 aliphatic rings. The van der Waals surface area contributed by atoms with E-state index in [2.05, 4.69) is 0 Å². The first kappa shape index (κ1) is 15.8. The molecule has 1 aromatic carbocycles. The Kier molecular flexibility index (Phi) is 5.17. The van der Waals surface area contributed by atoms with Gasteiger partial charge in [-0.3, -0.25) is 9.59 Å². The zero-order valence-corrected chi connectivity index (χ0v) is 12.0. The van der Waals surface area contributed by atoms with E-state index in [4.69, 9.17) is 5.11 Å². The predicted octanol–water partition coefficient (Wildman–Crippen LogP) is 2.94. The van der Waals surface area contributed by atoms with E-state index in [1.807, 2.05) is 0 Å². The standard InChI is InChI=1S/C14H15F2NO3S/c15-14(16)21-11-6-2-1-5-10(11)12(18)17-7-3-4-9(8-17)13(19)20/h1-2,5-6,9,14H,3-4,7-8H2,(H,19,20)/t9-/m0/s1. The Morgan fingerprint density at radius 1 is 1.33 bits per heavy atom. The average molecular weight is 315 g/mol. The molecule has 4 nitrogen and oxygen atoms in total. The summed E-state index contributed by atoms with van der Waals surface area (Å²) in [5, 5.41) is 9.04. The summed E-state index contributed by atoms with van der Waals surface area (Å²) in [6.45, 7) is 0.581. The van der Waals surface area contributed by atoms with Crippen LogP contribution >= 0.6 is 11.8 Å². The number of thioether (sulfide) groups is 1. The van der Waals surface area contributed by atoms with Gasteiger partial charge in [0.2, 0.25) is 0 Å². The minimum atomic E-state index is -2.60. The van der Waals surface area contributed by atoms with Crippen molar-refractivity contribution in [3.05, 3.63) is 29.8 Å². The lowest BCUT2D eigenvalue weighted by atomic mass is 9.97. The van der Waals surface area contributed by atoms with Gasteiger partial charge >= 0.3 is 5.97 Å². The van der Waals surface area contributed by atoms with Crippen molar-refractivity contribution < 1.29 is 23.5 Å². The molecule has 0 spiro atoms. The van der Waals surface area contributed by atoms with E-state index < -0.39 is 17.6 Å². The van der Waals surface area contributed by atoms with Gasteiger partial charge in [-0.15, -0.1) is 0 Å². The van der Waals surface area contributed by atoms with Gasteiger partial charge in [0, 0.05) is 18.0 Å². The molecular weight excluding hydrogens is 300 g/mol. The molecule has 114 valence electrons. The van der Waals surface area contributed by atoms with Crippen molar-refractivity contribution >= 4 is 23.6 Å². The molecule has 0 radical (unpaired) electrons. The summed E-state index contributed by atoms with van der Waals surface area (Å²) in [5.74, 6) is -4.50. The molecule has 0 aliphatic carbocycles. The monoisotopic (exact) mass is 315 g/mol. The lowest BCUT2D eigenvalue weighted by Crippen LogP contribution is -2.42. The molecule has 1 saturated heterocycles. The molecule has 0 aromatic heterocycles. The van der Waals surface area contributed by atoms with Crippen LogP contribution in [-0.2, 0) is 4.79 Å². The summed E-state index contributed by atoms with van der Waals surface area (Å²) < 4.78 is 25.1. The fourth-order valence-corrected chi connectivity index (χ4v) is 3.01. The van der Waals surface area contributed by atoms with Crippen molar-refractivity contribution in [2.45, 2.75) is 23.5 Å². The number of hydrogen-bond acceptors (Lipinski definition) is 3. The largest absolute Gasteiger partial charge is 0.481 e. The summed E-state index contributed by atoms with van der Waals surface area (Å²) >= 11 is 0.327. The summed E-state index contributed by atoms with van der Waals surface area (Å²) in [7, 11) is 0. The molecular formula is C14H15F2NO3S. The number of likely N-dealkylation sites (tertiary alicyclic amines) is 1. The van der Waals surface area contributed by atoms with Crippen LogP contribution in [0.15, 0.2) is 29.2 Å². The summed E-state index contributed by atoms with van der Waals surface area (Å²) in [6.07, 6.45) is 1.14. The first-order chi connectivity index (χ1) is 9.99. The summed E-state index contributed by atoms with van der Waals surface area (Å²) in [4.78, 5) is 25.1. The third-order valence-corrected chi connectivity index (χ3v) is 4.18. The van der Waals surface area contributed by atoms with Crippen LogP contribution in [0.5, 0.6) is 0 Å². The van der Waals surface area contributed by atoms with Crippen LogP contribution in [0.1, 0.15) is 23.2 Å². The number of alkyl halides is 2. The zero-order chi connectivity index (χ0) is 15.4. The first-order valence-electron chi connectivity index (χ1n) is 6.55. The van der Waals surface area contributed by atoms with Crippen LogP contribution in [0.3, 0.4) is 0 Å². The predicted molar refractivity (Wildman–Crippen MR) is 74.6 cm³/mol. The molecule has 1 fully saturated rings.